The zero-order valence-electron chi connectivity index (χ0n) is 11.4. The van der Waals surface area contributed by atoms with E-state index in [9.17, 15) is 14.9 Å². The number of hydrogen-bond acceptors (Lipinski definition) is 4. The molecule has 1 atom stereocenters. The summed E-state index contributed by atoms with van der Waals surface area (Å²) in [5.74, 6) is 0.0251. The maximum atomic E-state index is 12.0. The number of carbonyl (C=O) groups excluding carboxylic acids is 1. The smallest absolute Gasteiger partial charge is 0.273 e. The zero-order chi connectivity index (χ0) is 14.4. The Labute approximate surface area is 112 Å². The number of benzene rings is 1. The van der Waals surface area contributed by atoms with Crippen molar-refractivity contribution in [2.75, 3.05) is 20.1 Å². The molecule has 0 bridgehead atoms. The van der Waals surface area contributed by atoms with Crippen LogP contribution in [0.5, 0.6) is 0 Å². The SMILES string of the molecule is CNCC(C)CNC(=O)c1cccc([N+](=O)[O-])c1C. The van der Waals surface area contributed by atoms with Gasteiger partial charge in [0, 0.05) is 23.7 Å². The first kappa shape index (κ1) is 15.1. The fraction of sp³-hybridized carbons (Fsp3) is 0.462. The molecule has 0 radical (unpaired) electrons. The Morgan fingerprint density at radius 1 is 1.42 bits per heavy atom. The van der Waals surface area contributed by atoms with E-state index in [0.29, 0.717) is 23.6 Å². The highest BCUT2D eigenvalue weighted by molar-refractivity contribution is 5.96. The van der Waals surface area contributed by atoms with E-state index in [4.69, 9.17) is 0 Å². The molecule has 0 saturated carbocycles. The molecule has 6 nitrogen and oxygen atoms in total. The molecule has 0 aliphatic heterocycles. The topological polar surface area (TPSA) is 84.3 Å². The molecule has 1 aromatic carbocycles. The minimum absolute atomic E-state index is 0.0316. The van der Waals surface area contributed by atoms with Gasteiger partial charge in [0.2, 0.25) is 0 Å². The minimum Gasteiger partial charge on any atom is -0.352 e. The molecule has 1 unspecified atom stereocenters. The maximum absolute atomic E-state index is 12.0. The third-order valence-corrected chi connectivity index (χ3v) is 2.91. The van der Waals surface area contributed by atoms with Gasteiger partial charge in [-0.2, -0.15) is 0 Å². The molecule has 0 fully saturated rings. The first-order valence-electron chi connectivity index (χ1n) is 6.14. The van der Waals surface area contributed by atoms with Gasteiger partial charge in [-0.15, -0.1) is 0 Å². The number of nitro benzene ring substituents is 1. The second-order valence-corrected chi connectivity index (χ2v) is 4.58. The molecular formula is C13H19N3O3. The molecular weight excluding hydrogens is 246 g/mol. The standard InChI is InChI=1S/C13H19N3O3/c1-9(7-14-3)8-15-13(17)11-5-4-6-12(10(11)2)16(18)19/h4-6,9,14H,7-8H2,1-3H3,(H,15,17). The summed E-state index contributed by atoms with van der Waals surface area (Å²) in [6.45, 7) is 4.93. The molecule has 0 saturated heterocycles. The average molecular weight is 265 g/mol. The van der Waals surface area contributed by atoms with Crippen LogP contribution in [0.4, 0.5) is 5.69 Å². The molecule has 0 aromatic heterocycles. The van der Waals surface area contributed by atoms with Crippen molar-refractivity contribution < 1.29 is 9.72 Å². The van der Waals surface area contributed by atoms with Crippen LogP contribution in [-0.4, -0.2) is 31.0 Å². The van der Waals surface area contributed by atoms with Crippen molar-refractivity contribution in [3.63, 3.8) is 0 Å². The fourth-order valence-electron chi connectivity index (χ4n) is 1.85. The van der Waals surface area contributed by atoms with Gasteiger partial charge in [0.15, 0.2) is 0 Å². The summed E-state index contributed by atoms with van der Waals surface area (Å²) in [6.07, 6.45) is 0. The van der Waals surface area contributed by atoms with Crippen LogP contribution < -0.4 is 10.6 Å². The lowest BCUT2D eigenvalue weighted by molar-refractivity contribution is -0.385. The van der Waals surface area contributed by atoms with Crippen molar-refractivity contribution in [3.05, 3.63) is 39.4 Å². The van der Waals surface area contributed by atoms with Crippen LogP contribution in [0.25, 0.3) is 0 Å². The summed E-state index contributed by atoms with van der Waals surface area (Å²) < 4.78 is 0. The first-order valence-corrected chi connectivity index (χ1v) is 6.14. The molecule has 19 heavy (non-hydrogen) atoms. The number of nitrogens with one attached hydrogen (secondary N) is 2. The summed E-state index contributed by atoms with van der Waals surface area (Å²) in [5, 5.41) is 16.6. The highest BCUT2D eigenvalue weighted by Crippen LogP contribution is 2.20. The molecule has 104 valence electrons. The van der Waals surface area contributed by atoms with Crippen molar-refractivity contribution in [3.8, 4) is 0 Å². The summed E-state index contributed by atoms with van der Waals surface area (Å²) in [4.78, 5) is 22.3. The summed E-state index contributed by atoms with van der Waals surface area (Å²) in [7, 11) is 1.85. The Morgan fingerprint density at radius 2 is 2.11 bits per heavy atom. The summed E-state index contributed by atoms with van der Waals surface area (Å²) >= 11 is 0. The number of nitrogens with zero attached hydrogens (tertiary/aromatic N) is 1. The van der Waals surface area contributed by atoms with E-state index >= 15 is 0 Å². The Morgan fingerprint density at radius 3 is 2.68 bits per heavy atom. The second-order valence-electron chi connectivity index (χ2n) is 4.58. The lowest BCUT2D eigenvalue weighted by atomic mass is 10.1. The van der Waals surface area contributed by atoms with E-state index in [1.165, 1.54) is 12.1 Å². The quantitative estimate of drug-likeness (QED) is 0.603. The van der Waals surface area contributed by atoms with Gasteiger partial charge in [-0.25, -0.2) is 0 Å². The van der Waals surface area contributed by atoms with Gasteiger partial charge in [0.25, 0.3) is 11.6 Å². The molecule has 1 rings (SSSR count). The Balaban J connectivity index is 2.78. The monoisotopic (exact) mass is 265 g/mol. The van der Waals surface area contributed by atoms with Crippen LogP contribution in [-0.2, 0) is 0 Å². The number of carbonyl (C=O) groups is 1. The predicted molar refractivity (Wildman–Crippen MR) is 73.3 cm³/mol. The van der Waals surface area contributed by atoms with Crippen molar-refractivity contribution >= 4 is 11.6 Å². The van der Waals surface area contributed by atoms with Gasteiger partial charge in [-0.3, -0.25) is 14.9 Å². The molecule has 1 aromatic rings. The largest absolute Gasteiger partial charge is 0.352 e. The van der Waals surface area contributed by atoms with Crippen LogP contribution >= 0.6 is 0 Å². The Bertz CT molecular complexity index is 474. The van der Waals surface area contributed by atoms with Crippen molar-refractivity contribution in [1.29, 1.82) is 0 Å². The minimum atomic E-state index is -0.476. The number of amides is 1. The second kappa shape index (κ2) is 6.84. The fourth-order valence-corrected chi connectivity index (χ4v) is 1.85. The van der Waals surface area contributed by atoms with Crippen molar-refractivity contribution in [2.24, 2.45) is 5.92 Å². The third-order valence-electron chi connectivity index (χ3n) is 2.91. The highest BCUT2D eigenvalue weighted by Gasteiger charge is 2.17. The molecule has 0 spiro atoms. The molecule has 0 aliphatic carbocycles. The highest BCUT2D eigenvalue weighted by atomic mass is 16.6. The van der Waals surface area contributed by atoms with Gasteiger partial charge < -0.3 is 10.6 Å². The van der Waals surface area contributed by atoms with Crippen LogP contribution in [0.2, 0.25) is 0 Å². The van der Waals surface area contributed by atoms with Gasteiger partial charge in [-0.1, -0.05) is 13.0 Å². The summed E-state index contributed by atoms with van der Waals surface area (Å²) in [6, 6.07) is 4.52. The van der Waals surface area contributed by atoms with E-state index in [2.05, 4.69) is 10.6 Å². The van der Waals surface area contributed by atoms with Crippen molar-refractivity contribution in [1.82, 2.24) is 10.6 Å². The van der Waals surface area contributed by atoms with E-state index in [-0.39, 0.29) is 11.6 Å². The molecule has 0 heterocycles. The number of hydrogen-bond donors (Lipinski definition) is 2. The molecule has 2 N–H and O–H groups in total. The lowest BCUT2D eigenvalue weighted by Crippen LogP contribution is -2.32. The Kier molecular flexibility index (Phi) is 5.44. The van der Waals surface area contributed by atoms with Crippen molar-refractivity contribution in [2.45, 2.75) is 13.8 Å². The molecule has 0 aliphatic rings. The first-order chi connectivity index (χ1) is 8.97. The Hall–Kier alpha value is -1.95. The van der Waals surface area contributed by atoms with Gasteiger partial charge in [-0.05, 0) is 32.5 Å². The lowest BCUT2D eigenvalue weighted by Gasteiger charge is -2.12. The summed E-state index contributed by atoms with van der Waals surface area (Å²) in [5.41, 5.74) is 0.716. The third kappa shape index (κ3) is 4.03. The number of nitro groups is 1. The molecule has 6 heteroatoms. The maximum Gasteiger partial charge on any atom is 0.273 e. The van der Waals surface area contributed by atoms with Crippen LogP contribution in [0.1, 0.15) is 22.8 Å². The van der Waals surface area contributed by atoms with Gasteiger partial charge >= 0.3 is 0 Å². The zero-order valence-corrected chi connectivity index (χ0v) is 11.4. The number of rotatable bonds is 6. The van der Waals surface area contributed by atoms with Gasteiger partial charge in [0.1, 0.15) is 0 Å². The predicted octanol–water partition coefficient (Wildman–Crippen LogP) is 1.49. The van der Waals surface area contributed by atoms with Gasteiger partial charge in [0.05, 0.1) is 4.92 Å². The average Bonchev–Trinajstić information content (AvgIpc) is 2.36. The van der Waals surface area contributed by atoms with E-state index in [1.54, 1.807) is 13.0 Å². The van der Waals surface area contributed by atoms with Crippen LogP contribution in [0, 0.1) is 23.0 Å². The van der Waals surface area contributed by atoms with Crippen LogP contribution in [0.3, 0.4) is 0 Å². The van der Waals surface area contributed by atoms with E-state index in [0.717, 1.165) is 6.54 Å². The molecule has 1 amide bonds. The van der Waals surface area contributed by atoms with Crippen LogP contribution in [0.15, 0.2) is 18.2 Å². The van der Waals surface area contributed by atoms with E-state index < -0.39 is 4.92 Å². The van der Waals surface area contributed by atoms with E-state index in [1.807, 2.05) is 14.0 Å². The normalized spacial score (nSPS) is 11.9.